The van der Waals surface area contributed by atoms with Crippen molar-refractivity contribution in [2.45, 2.75) is 0 Å². The molecular formula is C13H13N5O2. The standard InChI is InChI=1S/C13H13N5O2/c14-3-4-16-5-7-17(8-6-16)12-1-2-13(18(19)20)11(9-12)10-15/h1-2,9H,4-8H2. The van der Waals surface area contributed by atoms with Crippen molar-refractivity contribution >= 4 is 11.4 Å². The quantitative estimate of drug-likeness (QED) is 0.464. The van der Waals surface area contributed by atoms with E-state index in [1.807, 2.05) is 11.0 Å². The Morgan fingerprint density at radius 1 is 1.25 bits per heavy atom. The first kappa shape index (κ1) is 13.8. The van der Waals surface area contributed by atoms with Gasteiger partial charge in [0.15, 0.2) is 0 Å². The lowest BCUT2D eigenvalue weighted by atomic mass is 10.1. The molecule has 0 aromatic heterocycles. The van der Waals surface area contributed by atoms with Gasteiger partial charge in [-0.1, -0.05) is 0 Å². The highest BCUT2D eigenvalue weighted by molar-refractivity contribution is 5.60. The van der Waals surface area contributed by atoms with Gasteiger partial charge in [-0.2, -0.15) is 10.5 Å². The molecule has 0 saturated carbocycles. The van der Waals surface area contributed by atoms with Crippen LogP contribution in [0.25, 0.3) is 0 Å². The van der Waals surface area contributed by atoms with Crippen LogP contribution in [0.5, 0.6) is 0 Å². The van der Waals surface area contributed by atoms with E-state index in [0.29, 0.717) is 6.54 Å². The minimum atomic E-state index is -0.548. The molecule has 7 nitrogen and oxygen atoms in total. The molecule has 0 atom stereocenters. The third kappa shape index (κ3) is 2.85. The van der Waals surface area contributed by atoms with Crippen molar-refractivity contribution < 1.29 is 4.92 Å². The first-order valence-electron chi connectivity index (χ1n) is 6.18. The second-order valence-corrected chi connectivity index (χ2v) is 4.49. The van der Waals surface area contributed by atoms with Crippen molar-refractivity contribution in [3.63, 3.8) is 0 Å². The number of piperazine rings is 1. The van der Waals surface area contributed by atoms with Crippen LogP contribution in [-0.4, -0.2) is 42.5 Å². The topological polar surface area (TPSA) is 97.2 Å². The summed E-state index contributed by atoms with van der Waals surface area (Å²) in [6, 6.07) is 8.57. The fourth-order valence-corrected chi connectivity index (χ4v) is 2.23. The van der Waals surface area contributed by atoms with Crippen LogP contribution in [0.15, 0.2) is 18.2 Å². The largest absolute Gasteiger partial charge is 0.369 e. The fraction of sp³-hybridized carbons (Fsp3) is 0.385. The van der Waals surface area contributed by atoms with Crippen molar-refractivity contribution in [1.29, 1.82) is 10.5 Å². The van der Waals surface area contributed by atoms with Crippen LogP contribution in [0.3, 0.4) is 0 Å². The molecule has 20 heavy (non-hydrogen) atoms. The summed E-state index contributed by atoms with van der Waals surface area (Å²) in [7, 11) is 0. The Kier molecular flexibility index (Phi) is 4.14. The molecule has 0 spiro atoms. The Morgan fingerprint density at radius 3 is 2.50 bits per heavy atom. The van der Waals surface area contributed by atoms with Crippen LogP contribution in [0.1, 0.15) is 5.56 Å². The second-order valence-electron chi connectivity index (χ2n) is 4.49. The fourth-order valence-electron chi connectivity index (χ4n) is 2.23. The van der Waals surface area contributed by atoms with Crippen LogP contribution in [0, 0.1) is 32.8 Å². The van der Waals surface area contributed by atoms with Gasteiger partial charge < -0.3 is 4.90 Å². The van der Waals surface area contributed by atoms with Gasteiger partial charge in [0.25, 0.3) is 5.69 Å². The van der Waals surface area contributed by atoms with E-state index >= 15 is 0 Å². The molecule has 0 aliphatic carbocycles. The Bertz CT molecular complexity index is 594. The smallest absolute Gasteiger partial charge is 0.287 e. The second kappa shape index (κ2) is 6.00. The van der Waals surface area contributed by atoms with Gasteiger partial charge in [-0.3, -0.25) is 15.0 Å². The SMILES string of the molecule is N#CCN1CCN(c2ccc([N+](=O)[O-])c(C#N)c2)CC1. The van der Waals surface area contributed by atoms with E-state index in [4.69, 9.17) is 10.5 Å². The molecule has 0 radical (unpaired) electrons. The van der Waals surface area contributed by atoms with Gasteiger partial charge in [-0.05, 0) is 12.1 Å². The van der Waals surface area contributed by atoms with Crippen molar-refractivity contribution in [2.24, 2.45) is 0 Å². The number of nitriles is 2. The normalized spacial score (nSPS) is 15.4. The molecule has 102 valence electrons. The molecule has 0 amide bonds. The van der Waals surface area contributed by atoms with E-state index in [1.165, 1.54) is 6.07 Å². The van der Waals surface area contributed by atoms with E-state index in [-0.39, 0.29) is 11.3 Å². The lowest BCUT2D eigenvalue weighted by molar-refractivity contribution is -0.385. The van der Waals surface area contributed by atoms with Crippen molar-refractivity contribution in [3.8, 4) is 12.1 Å². The van der Waals surface area contributed by atoms with Crippen molar-refractivity contribution in [1.82, 2.24) is 4.90 Å². The maximum atomic E-state index is 10.8. The van der Waals surface area contributed by atoms with Crippen molar-refractivity contribution in [3.05, 3.63) is 33.9 Å². The molecule has 1 fully saturated rings. The van der Waals surface area contributed by atoms with Gasteiger partial charge in [0.05, 0.1) is 17.5 Å². The van der Waals surface area contributed by atoms with Crippen LogP contribution < -0.4 is 4.90 Å². The first-order valence-corrected chi connectivity index (χ1v) is 6.18. The van der Waals surface area contributed by atoms with E-state index in [1.54, 1.807) is 12.1 Å². The summed E-state index contributed by atoms with van der Waals surface area (Å²) in [5, 5.41) is 28.4. The zero-order valence-corrected chi connectivity index (χ0v) is 10.8. The zero-order valence-electron chi connectivity index (χ0n) is 10.8. The average molecular weight is 271 g/mol. The van der Waals surface area contributed by atoms with Gasteiger partial charge in [0.1, 0.15) is 11.6 Å². The van der Waals surface area contributed by atoms with Crippen LogP contribution >= 0.6 is 0 Å². The summed E-state index contributed by atoms with van der Waals surface area (Å²) >= 11 is 0. The van der Waals surface area contributed by atoms with Crippen molar-refractivity contribution in [2.75, 3.05) is 37.6 Å². The minimum absolute atomic E-state index is 0.0759. The molecule has 0 unspecified atom stereocenters. The maximum Gasteiger partial charge on any atom is 0.287 e. The summed E-state index contributed by atoms with van der Waals surface area (Å²) in [4.78, 5) is 14.4. The predicted octanol–water partition coefficient (Wildman–Crippen LogP) is 1.11. The molecule has 7 heteroatoms. The summed E-state index contributed by atoms with van der Waals surface area (Å²) < 4.78 is 0. The van der Waals surface area contributed by atoms with E-state index in [9.17, 15) is 10.1 Å². The molecule has 1 aromatic carbocycles. The molecule has 1 aromatic rings. The lowest BCUT2D eigenvalue weighted by Crippen LogP contribution is -2.46. The summed E-state index contributed by atoms with van der Waals surface area (Å²) in [5.41, 5.74) is 0.718. The van der Waals surface area contributed by atoms with Crippen LogP contribution in [-0.2, 0) is 0 Å². The number of nitrogens with zero attached hydrogens (tertiary/aromatic N) is 5. The Hall–Kier alpha value is -2.64. The summed E-state index contributed by atoms with van der Waals surface area (Å²) in [5.74, 6) is 0. The summed E-state index contributed by atoms with van der Waals surface area (Å²) in [6.45, 7) is 3.44. The molecule has 1 saturated heterocycles. The Labute approximate surface area is 116 Å². The maximum absolute atomic E-state index is 10.8. The molecule has 0 bridgehead atoms. The molecule has 1 heterocycles. The first-order chi connectivity index (χ1) is 9.65. The Balaban J connectivity index is 2.14. The average Bonchev–Trinajstić information content (AvgIpc) is 2.47. The number of anilines is 1. The number of nitro benzene ring substituents is 1. The predicted molar refractivity (Wildman–Crippen MR) is 72.1 cm³/mol. The van der Waals surface area contributed by atoms with Gasteiger partial charge in [-0.25, -0.2) is 0 Å². The van der Waals surface area contributed by atoms with Gasteiger partial charge in [-0.15, -0.1) is 0 Å². The number of nitro groups is 1. The molecule has 2 rings (SSSR count). The van der Waals surface area contributed by atoms with E-state index in [0.717, 1.165) is 31.9 Å². The number of benzene rings is 1. The third-order valence-electron chi connectivity index (χ3n) is 3.33. The van der Waals surface area contributed by atoms with Crippen LogP contribution in [0.2, 0.25) is 0 Å². The van der Waals surface area contributed by atoms with Gasteiger partial charge in [0.2, 0.25) is 0 Å². The summed E-state index contributed by atoms with van der Waals surface area (Å²) in [6.07, 6.45) is 0. The number of hydrogen-bond donors (Lipinski definition) is 0. The van der Waals surface area contributed by atoms with Gasteiger partial charge >= 0.3 is 0 Å². The molecule has 0 N–H and O–H groups in total. The zero-order chi connectivity index (χ0) is 14.5. The van der Waals surface area contributed by atoms with Gasteiger partial charge in [0, 0.05) is 37.9 Å². The van der Waals surface area contributed by atoms with E-state index < -0.39 is 4.92 Å². The molecule has 1 aliphatic rings. The Morgan fingerprint density at radius 2 is 1.95 bits per heavy atom. The third-order valence-corrected chi connectivity index (χ3v) is 3.33. The monoisotopic (exact) mass is 271 g/mol. The minimum Gasteiger partial charge on any atom is -0.369 e. The van der Waals surface area contributed by atoms with Crippen LogP contribution in [0.4, 0.5) is 11.4 Å². The molecule has 1 aliphatic heterocycles. The number of rotatable bonds is 3. The molecular weight excluding hydrogens is 258 g/mol. The highest BCUT2D eigenvalue weighted by atomic mass is 16.6. The number of hydrogen-bond acceptors (Lipinski definition) is 6. The highest BCUT2D eigenvalue weighted by Crippen LogP contribution is 2.25. The lowest BCUT2D eigenvalue weighted by Gasteiger charge is -2.34. The highest BCUT2D eigenvalue weighted by Gasteiger charge is 2.20. The van der Waals surface area contributed by atoms with E-state index in [2.05, 4.69) is 11.0 Å².